The first-order chi connectivity index (χ1) is 25.8. The fourth-order valence-corrected chi connectivity index (χ4v) is 8.81. The topological polar surface area (TPSA) is 35.6 Å². The normalized spacial score (nSPS) is 12.2. The lowest BCUT2D eigenvalue weighted by Gasteiger charge is -2.11. The number of rotatable bonds is 3. The van der Waals surface area contributed by atoms with E-state index < -0.39 is 0 Å². The van der Waals surface area contributed by atoms with Crippen LogP contribution in [-0.2, 0) is 0 Å². The number of fused-ring (bicyclic) bond motifs is 10. The molecule has 4 aromatic heterocycles. The molecule has 240 valence electrons. The van der Waals surface area contributed by atoms with Crippen LogP contribution in [0.25, 0.3) is 110 Å². The first-order valence-corrected chi connectivity index (χ1v) is 17.7. The van der Waals surface area contributed by atoms with Crippen molar-refractivity contribution in [1.29, 1.82) is 0 Å². The number of hydrogen-bond acceptors (Lipinski definition) is 2. The molecule has 4 nitrogen and oxygen atoms in total. The van der Waals surface area contributed by atoms with Crippen molar-refractivity contribution in [3.05, 3.63) is 170 Å². The summed E-state index contributed by atoms with van der Waals surface area (Å²) >= 11 is 0. The minimum absolute atomic E-state index is 0.919. The molecule has 7 aromatic carbocycles. The second kappa shape index (κ2) is 10.3. The molecule has 4 heterocycles. The summed E-state index contributed by atoms with van der Waals surface area (Å²) in [6.07, 6.45) is 3.87. The van der Waals surface area contributed by atoms with Crippen molar-refractivity contribution in [1.82, 2.24) is 19.1 Å². The van der Waals surface area contributed by atoms with Crippen LogP contribution in [0.5, 0.6) is 0 Å². The van der Waals surface area contributed by atoms with E-state index in [0.29, 0.717) is 0 Å². The van der Waals surface area contributed by atoms with E-state index in [9.17, 15) is 0 Å². The Kier molecular flexibility index (Phi) is 5.47. The summed E-state index contributed by atoms with van der Waals surface area (Å²) in [6.45, 7) is 0. The Morgan fingerprint density at radius 2 is 1.10 bits per heavy atom. The van der Waals surface area contributed by atoms with Gasteiger partial charge in [-0.25, -0.2) is 4.98 Å². The second-order valence-corrected chi connectivity index (χ2v) is 13.9. The number of nitrogens with zero attached hydrogens (tertiary/aromatic N) is 4. The van der Waals surface area contributed by atoms with E-state index in [0.717, 1.165) is 22.4 Å². The summed E-state index contributed by atoms with van der Waals surface area (Å²) < 4.78 is 4.73. The van der Waals surface area contributed by atoms with Crippen molar-refractivity contribution in [2.75, 3.05) is 0 Å². The monoisotopic (exact) mass is 660 g/mol. The van der Waals surface area contributed by atoms with Gasteiger partial charge in [-0.2, -0.15) is 0 Å². The maximum absolute atomic E-state index is 5.35. The zero-order chi connectivity index (χ0) is 33.9. The molecule has 52 heavy (non-hydrogen) atoms. The van der Waals surface area contributed by atoms with Gasteiger partial charge in [0.15, 0.2) is 0 Å². The third-order valence-electron chi connectivity index (χ3n) is 11.1. The van der Waals surface area contributed by atoms with Crippen LogP contribution in [0.1, 0.15) is 0 Å². The molecule has 0 saturated carbocycles. The number of hydrogen-bond donors (Lipinski definition) is 0. The summed E-state index contributed by atoms with van der Waals surface area (Å²) in [4.78, 5) is 9.82. The van der Waals surface area contributed by atoms with E-state index >= 15 is 0 Å². The van der Waals surface area contributed by atoms with E-state index in [-0.39, 0.29) is 0 Å². The predicted molar refractivity (Wildman–Crippen MR) is 216 cm³/mol. The van der Waals surface area contributed by atoms with E-state index in [1.807, 2.05) is 12.4 Å². The van der Waals surface area contributed by atoms with Gasteiger partial charge in [-0.1, -0.05) is 84.9 Å². The van der Waals surface area contributed by atoms with Crippen LogP contribution < -0.4 is 0 Å². The SMILES string of the molecule is c1ccc(-n2c3ccccc3c3cc(-c4ccc5c(c4)c4cc6ccccc6cc4n5-c4cc5c6c(cccc6n4)-c4cnccc4-5)ccc32)cc1. The third-order valence-corrected chi connectivity index (χ3v) is 11.1. The Labute approximate surface area is 298 Å². The van der Waals surface area contributed by atoms with Gasteiger partial charge in [0.05, 0.1) is 27.6 Å². The smallest absolute Gasteiger partial charge is 0.138 e. The zero-order valence-corrected chi connectivity index (χ0v) is 28.0. The van der Waals surface area contributed by atoms with Gasteiger partial charge in [-0.3, -0.25) is 9.55 Å². The van der Waals surface area contributed by atoms with Crippen molar-refractivity contribution in [2.45, 2.75) is 0 Å². The van der Waals surface area contributed by atoms with E-state index in [1.165, 1.54) is 87.8 Å². The molecule has 1 aliphatic carbocycles. The lowest BCUT2D eigenvalue weighted by atomic mass is 10.00. The van der Waals surface area contributed by atoms with Gasteiger partial charge in [0.25, 0.3) is 0 Å². The molecule has 11 aromatic rings. The van der Waals surface area contributed by atoms with E-state index in [4.69, 9.17) is 4.98 Å². The lowest BCUT2D eigenvalue weighted by molar-refractivity contribution is 1.10. The summed E-state index contributed by atoms with van der Waals surface area (Å²) in [6, 6.07) is 57.4. The third kappa shape index (κ3) is 3.75. The molecule has 0 fully saturated rings. The maximum atomic E-state index is 5.35. The molecular weight excluding hydrogens is 633 g/mol. The molecule has 0 bridgehead atoms. The van der Waals surface area contributed by atoms with Crippen LogP contribution in [0.4, 0.5) is 0 Å². The van der Waals surface area contributed by atoms with Gasteiger partial charge in [0.2, 0.25) is 0 Å². The van der Waals surface area contributed by atoms with Crippen LogP contribution in [0.2, 0.25) is 0 Å². The Morgan fingerprint density at radius 1 is 0.404 bits per heavy atom. The van der Waals surface area contributed by atoms with Crippen molar-refractivity contribution in [3.8, 4) is 44.9 Å². The van der Waals surface area contributed by atoms with Crippen LogP contribution in [0, 0.1) is 0 Å². The standard InChI is InChI=1S/C48H28N4/c1-2-11-33(12-3-1)51-43-16-7-6-13-35(43)37-24-31(17-19-44(37)51)32-18-20-45-38(25-32)39-23-29-9-4-5-10-30(29)26-46(39)52(45)47-27-40-34-21-22-49-28-41(34)36-14-8-15-42(50-47)48(36)40/h1-28H. The Morgan fingerprint density at radius 3 is 1.94 bits per heavy atom. The molecule has 0 saturated heterocycles. The Bertz CT molecular complexity index is 3290. The number of aromatic nitrogens is 4. The molecule has 4 heteroatoms. The maximum Gasteiger partial charge on any atom is 0.138 e. The highest BCUT2D eigenvalue weighted by Crippen LogP contribution is 2.47. The Hall–Kier alpha value is -7.04. The Balaban J connectivity index is 1.11. The summed E-state index contributed by atoms with van der Waals surface area (Å²) in [7, 11) is 0. The molecule has 0 aliphatic heterocycles. The summed E-state index contributed by atoms with van der Waals surface area (Å²) in [5.74, 6) is 0.919. The molecular formula is C48H28N4. The summed E-state index contributed by atoms with van der Waals surface area (Å²) in [5.41, 5.74) is 14.0. The van der Waals surface area contributed by atoms with Gasteiger partial charge in [-0.15, -0.1) is 0 Å². The fraction of sp³-hybridized carbons (Fsp3) is 0. The van der Waals surface area contributed by atoms with Crippen LogP contribution >= 0.6 is 0 Å². The van der Waals surface area contributed by atoms with Crippen molar-refractivity contribution in [3.63, 3.8) is 0 Å². The van der Waals surface area contributed by atoms with Gasteiger partial charge < -0.3 is 4.57 Å². The average molecular weight is 661 g/mol. The van der Waals surface area contributed by atoms with Crippen LogP contribution in [0.3, 0.4) is 0 Å². The van der Waals surface area contributed by atoms with Gasteiger partial charge in [0, 0.05) is 50.6 Å². The fourth-order valence-electron chi connectivity index (χ4n) is 8.81. The molecule has 0 spiro atoms. The van der Waals surface area contributed by atoms with Crippen LogP contribution in [-0.4, -0.2) is 19.1 Å². The summed E-state index contributed by atoms with van der Waals surface area (Å²) in [5, 5.41) is 8.57. The van der Waals surface area contributed by atoms with E-state index in [1.54, 1.807) is 0 Å². The molecule has 12 rings (SSSR count). The minimum Gasteiger partial charge on any atom is -0.309 e. The highest BCUT2D eigenvalue weighted by molar-refractivity contribution is 6.17. The molecule has 0 amide bonds. The highest BCUT2D eigenvalue weighted by atomic mass is 15.1. The average Bonchev–Trinajstić information content (AvgIpc) is 3.83. The predicted octanol–water partition coefficient (Wildman–Crippen LogP) is 12.3. The van der Waals surface area contributed by atoms with Gasteiger partial charge in [-0.05, 0) is 111 Å². The molecule has 1 aliphatic rings. The van der Waals surface area contributed by atoms with Crippen molar-refractivity contribution in [2.24, 2.45) is 0 Å². The number of pyridine rings is 2. The molecule has 0 unspecified atom stereocenters. The zero-order valence-electron chi connectivity index (χ0n) is 28.0. The quantitative estimate of drug-likeness (QED) is 0.189. The van der Waals surface area contributed by atoms with Crippen molar-refractivity contribution >= 4 is 65.3 Å². The second-order valence-electron chi connectivity index (χ2n) is 13.9. The minimum atomic E-state index is 0.919. The number of benzene rings is 7. The van der Waals surface area contributed by atoms with Crippen molar-refractivity contribution < 1.29 is 0 Å². The largest absolute Gasteiger partial charge is 0.309 e. The number of para-hydroxylation sites is 2. The molecule has 0 radical (unpaired) electrons. The lowest BCUT2D eigenvalue weighted by Crippen LogP contribution is -1.98. The first kappa shape index (κ1) is 27.7. The first-order valence-electron chi connectivity index (χ1n) is 17.7. The highest BCUT2D eigenvalue weighted by Gasteiger charge is 2.24. The molecule has 0 atom stereocenters. The van der Waals surface area contributed by atoms with E-state index in [2.05, 4.69) is 172 Å². The molecule has 0 N–H and O–H groups in total. The van der Waals surface area contributed by atoms with Gasteiger partial charge in [0.1, 0.15) is 5.82 Å². The van der Waals surface area contributed by atoms with Gasteiger partial charge >= 0.3 is 0 Å². The van der Waals surface area contributed by atoms with Crippen LogP contribution in [0.15, 0.2) is 170 Å².